The van der Waals surface area contributed by atoms with Crippen LogP contribution >= 0.6 is 0 Å². The molecule has 6 nitrogen and oxygen atoms in total. The third kappa shape index (κ3) is 3.36. The highest BCUT2D eigenvalue weighted by molar-refractivity contribution is 5.36. The van der Waals surface area contributed by atoms with Gasteiger partial charge in [0, 0.05) is 12.0 Å². The van der Waals surface area contributed by atoms with Crippen LogP contribution in [0.2, 0.25) is 0 Å². The molecule has 0 fully saturated rings. The fourth-order valence-electron chi connectivity index (χ4n) is 2.37. The van der Waals surface area contributed by atoms with Gasteiger partial charge in [-0.05, 0) is 33.3 Å². The van der Waals surface area contributed by atoms with E-state index in [1.54, 1.807) is 0 Å². The van der Waals surface area contributed by atoms with Crippen molar-refractivity contribution in [1.29, 1.82) is 0 Å². The van der Waals surface area contributed by atoms with Crippen LogP contribution in [0.25, 0.3) is 0 Å². The summed E-state index contributed by atoms with van der Waals surface area (Å²) in [5, 5.41) is 24.0. The second-order valence-corrected chi connectivity index (χ2v) is 6.37. The molecule has 2 aromatic rings. The molecule has 124 valence electrons. The molecule has 0 radical (unpaired) electrons. The quantitative estimate of drug-likeness (QED) is 0.764. The van der Waals surface area contributed by atoms with E-state index in [4.69, 9.17) is 4.74 Å². The van der Waals surface area contributed by atoms with Gasteiger partial charge < -0.3 is 9.84 Å². The maximum Gasteiger partial charge on any atom is 0.179 e. The minimum absolute atomic E-state index is 0.109. The number of tetrazole rings is 1. The zero-order valence-electron chi connectivity index (χ0n) is 14.1. The average Bonchev–Trinajstić information content (AvgIpc) is 3.01. The summed E-state index contributed by atoms with van der Waals surface area (Å²) < 4.78 is 6.35. The fourth-order valence-corrected chi connectivity index (χ4v) is 2.37. The molecule has 1 aromatic carbocycles. The first kappa shape index (κ1) is 17.0. The van der Waals surface area contributed by atoms with Gasteiger partial charge in [0.05, 0.1) is 11.2 Å². The number of ether oxygens (including phenoxy) is 1. The third-order valence-electron chi connectivity index (χ3n) is 4.76. The topological polar surface area (TPSA) is 83.9 Å². The van der Waals surface area contributed by atoms with Gasteiger partial charge in [-0.15, -0.1) is 10.2 Å². The van der Waals surface area contributed by atoms with Crippen molar-refractivity contribution in [1.82, 2.24) is 20.6 Å². The molecule has 1 aromatic heterocycles. The van der Waals surface area contributed by atoms with E-state index < -0.39 is 11.0 Å². The zero-order chi connectivity index (χ0) is 17.1. The number of nitrogens with zero attached hydrogens (tertiary/aromatic N) is 3. The van der Waals surface area contributed by atoms with E-state index in [1.807, 2.05) is 52.0 Å². The lowest BCUT2D eigenvalue weighted by atomic mass is 9.73. The van der Waals surface area contributed by atoms with Crippen molar-refractivity contribution in [3.63, 3.8) is 0 Å². The molecule has 0 spiro atoms. The highest BCUT2D eigenvalue weighted by Crippen LogP contribution is 2.42. The van der Waals surface area contributed by atoms with E-state index in [-0.39, 0.29) is 5.76 Å². The number of H-pyrrole nitrogens is 1. The molecule has 2 rings (SSSR count). The number of aliphatic hydroxyl groups excluding tert-OH is 1. The molecule has 0 bridgehead atoms. The lowest BCUT2D eigenvalue weighted by Crippen LogP contribution is -2.47. The molecule has 6 heteroatoms. The van der Waals surface area contributed by atoms with Crippen LogP contribution in [0.5, 0.6) is 5.75 Å². The van der Waals surface area contributed by atoms with Gasteiger partial charge in [0.25, 0.3) is 0 Å². The number of rotatable bonds is 7. The van der Waals surface area contributed by atoms with Crippen molar-refractivity contribution in [3.05, 3.63) is 48.0 Å². The van der Waals surface area contributed by atoms with Gasteiger partial charge in [0.1, 0.15) is 11.4 Å². The first-order chi connectivity index (χ1) is 10.8. The normalized spacial score (nSPS) is 14.3. The Morgan fingerprint density at radius 2 is 2.00 bits per heavy atom. The Kier molecular flexibility index (Phi) is 4.73. The van der Waals surface area contributed by atoms with E-state index in [1.165, 1.54) is 0 Å². The number of hydrogen-bond donors (Lipinski definition) is 2. The van der Waals surface area contributed by atoms with Gasteiger partial charge in [-0.2, -0.15) is 5.21 Å². The summed E-state index contributed by atoms with van der Waals surface area (Å²) in [6.45, 7) is 11.6. The molecule has 2 N–H and O–H groups in total. The van der Waals surface area contributed by atoms with Crippen molar-refractivity contribution < 1.29 is 9.84 Å². The Labute approximate surface area is 136 Å². The molecular formula is C17H24N4O2. The number of nitrogens with one attached hydrogen (secondary N) is 1. The van der Waals surface area contributed by atoms with Crippen LogP contribution < -0.4 is 4.74 Å². The van der Waals surface area contributed by atoms with E-state index >= 15 is 0 Å². The van der Waals surface area contributed by atoms with Crippen molar-refractivity contribution >= 4 is 0 Å². The summed E-state index contributed by atoms with van der Waals surface area (Å²) in [5.74, 6) is 1.46. The maximum atomic E-state index is 9.99. The average molecular weight is 316 g/mol. The van der Waals surface area contributed by atoms with Crippen LogP contribution in [0.15, 0.2) is 36.6 Å². The van der Waals surface area contributed by atoms with Crippen molar-refractivity contribution in [2.24, 2.45) is 5.41 Å². The third-order valence-corrected chi connectivity index (χ3v) is 4.76. The number of para-hydroxylation sites is 1. The summed E-state index contributed by atoms with van der Waals surface area (Å²) in [6, 6.07) is 7.76. The lowest BCUT2D eigenvalue weighted by molar-refractivity contribution is -0.0295. The number of hydrogen-bond acceptors (Lipinski definition) is 5. The zero-order valence-corrected chi connectivity index (χ0v) is 14.1. The monoisotopic (exact) mass is 316 g/mol. The summed E-state index contributed by atoms with van der Waals surface area (Å²) in [7, 11) is 0. The molecule has 1 atom stereocenters. The molecule has 0 aliphatic heterocycles. The molecule has 1 heterocycles. The summed E-state index contributed by atoms with van der Waals surface area (Å²) in [6.07, 6.45) is 1.24. The summed E-state index contributed by atoms with van der Waals surface area (Å²) in [5.41, 5.74) is -0.236. The number of aliphatic hydroxyl groups is 1. The Balaban J connectivity index is 2.33. The maximum absolute atomic E-state index is 9.99. The molecule has 0 saturated carbocycles. The van der Waals surface area contributed by atoms with Gasteiger partial charge in [-0.1, -0.05) is 36.9 Å². The van der Waals surface area contributed by atoms with Crippen molar-refractivity contribution in [2.45, 2.75) is 46.1 Å². The van der Waals surface area contributed by atoms with E-state index in [2.05, 4.69) is 27.2 Å². The predicted molar refractivity (Wildman–Crippen MR) is 88.3 cm³/mol. The van der Waals surface area contributed by atoms with Crippen LogP contribution in [-0.4, -0.2) is 31.3 Å². The fraction of sp³-hybridized carbons (Fsp3) is 0.471. The number of aromatic nitrogens is 4. The van der Waals surface area contributed by atoms with Gasteiger partial charge in [0.15, 0.2) is 5.82 Å². The van der Waals surface area contributed by atoms with Crippen LogP contribution in [0.3, 0.4) is 0 Å². The van der Waals surface area contributed by atoms with Gasteiger partial charge in [-0.25, -0.2) is 0 Å². The second kappa shape index (κ2) is 6.40. The molecule has 0 amide bonds. The number of aromatic amines is 1. The first-order valence-electron chi connectivity index (χ1n) is 7.67. The smallest absolute Gasteiger partial charge is 0.179 e. The minimum Gasteiger partial charge on any atom is -0.512 e. The van der Waals surface area contributed by atoms with Crippen LogP contribution in [0, 0.1) is 5.41 Å². The van der Waals surface area contributed by atoms with E-state index in [0.717, 1.165) is 17.7 Å². The van der Waals surface area contributed by atoms with Crippen molar-refractivity contribution in [2.75, 3.05) is 0 Å². The lowest BCUT2D eigenvalue weighted by Gasteiger charge is -2.43. The molecule has 23 heavy (non-hydrogen) atoms. The van der Waals surface area contributed by atoms with Gasteiger partial charge in [0.2, 0.25) is 0 Å². The first-order valence-corrected chi connectivity index (χ1v) is 7.67. The standard InChI is InChI=1S/C17H24N4O2/c1-6-17(5,16(3,4)12(2)22)23-14-10-8-7-9-13(14)11-15-18-20-21-19-15/h7-10,22H,2,6,11H2,1,3-5H3,(H,18,19,20,21)/t17-/m0/s1. The SMILES string of the molecule is C=C(O)C(C)(C)[C@](C)(CC)Oc1ccccc1Cc1nn[nH]n1. The molecular weight excluding hydrogens is 292 g/mol. The van der Waals surface area contributed by atoms with Crippen LogP contribution in [-0.2, 0) is 6.42 Å². The highest BCUT2D eigenvalue weighted by atomic mass is 16.5. The summed E-state index contributed by atoms with van der Waals surface area (Å²) in [4.78, 5) is 0. The molecule has 0 unspecified atom stereocenters. The Morgan fingerprint density at radius 3 is 2.57 bits per heavy atom. The molecule has 0 aliphatic carbocycles. The Morgan fingerprint density at radius 1 is 1.30 bits per heavy atom. The van der Waals surface area contributed by atoms with Crippen LogP contribution in [0.4, 0.5) is 0 Å². The predicted octanol–water partition coefficient (Wildman–Crippen LogP) is 3.44. The molecule has 0 saturated heterocycles. The second-order valence-electron chi connectivity index (χ2n) is 6.37. The number of benzene rings is 1. The summed E-state index contributed by atoms with van der Waals surface area (Å²) >= 11 is 0. The van der Waals surface area contributed by atoms with Crippen molar-refractivity contribution in [3.8, 4) is 5.75 Å². The van der Waals surface area contributed by atoms with E-state index in [9.17, 15) is 5.11 Å². The van der Waals surface area contributed by atoms with Crippen LogP contribution in [0.1, 0.15) is 45.5 Å². The minimum atomic E-state index is -0.605. The van der Waals surface area contributed by atoms with Gasteiger partial charge in [-0.3, -0.25) is 0 Å². The Bertz CT molecular complexity index is 667. The van der Waals surface area contributed by atoms with E-state index in [0.29, 0.717) is 12.2 Å². The van der Waals surface area contributed by atoms with Gasteiger partial charge >= 0.3 is 0 Å². The largest absolute Gasteiger partial charge is 0.512 e. The highest BCUT2D eigenvalue weighted by Gasteiger charge is 2.44. The Hall–Kier alpha value is -2.37. The molecule has 0 aliphatic rings.